The number of nitriles is 1. The summed E-state index contributed by atoms with van der Waals surface area (Å²) in [6.45, 7) is 3.75. The Bertz CT molecular complexity index is 254. The molecule has 0 aromatic rings. The van der Waals surface area contributed by atoms with Crippen LogP contribution in [-0.2, 0) is 18.9 Å². The highest BCUT2D eigenvalue weighted by atomic mass is 16.6. The van der Waals surface area contributed by atoms with E-state index in [9.17, 15) is 0 Å². The Hall–Kier alpha value is -0.710. The first-order valence-corrected chi connectivity index (χ1v) is 6.74. The van der Waals surface area contributed by atoms with Crippen LogP contribution in [0.4, 0.5) is 0 Å². The van der Waals surface area contributed by atoms with E-state index in [1.165, 1.54) is 12.8 Å². The molecule has 0 aromatic carbocycles. The van der Waals surface area contributed by atoms with Crippen molar-refractivity contribution in [2.45, 2.75) is 24.9 Å². The first-order chi connectivity index (χ1) is 9.36. The summed E-state index contributed by atoms with van der Waals surface area (Å²) in [5.41, 5.74) is 0. The quantitative estimate of drug-likeness (QED) is 0.487. The fraction of sp³-hybridized carbons (Fsp3) is 0.923. The zero-order chi connectivity index (χ0) is 13.8. The summed E-state index contributed by atoms with van der Waals surface area (Å²) in [5, 5.41) is 12.1. The van der Waals surface area contributed by atoms with Crippen molar-refractivity contribution >= 4 is 0 Å². The van der Waals surface area contributed by atoms with Crippen molar-refractivity contribution in [3.8, 4) is 6.07 Å². The zero-order valence-corrected chi connectivity index (χ0v) is 11.6. The molecule has 1 aliphatic carbocycles. The fourth-order valence-corrected chi connectivity index (χ4v) is 1.44. The van der Waals surface area contributed by atoms with E-state index in [1.54, 1.807) is 7.11 Å². The predicted octanol–water partition coefficient (Wildman–Crippen LogP) is 0.327. The van der Waals surface area contributed by atoms with Crippen molar-refractivity contribution < 1.29 is 18.9 Å². The Kier molecular flexibility index (Phi) is 9.59. The van der Waals surface area contributed by atoms with Gasteiger partial charge in [-0.3, -0.25) is 5.32 Å². The molecule has 0 heterocycles. The van der Waals surface area contributed by atoms with Gasteiger partial charge in [-0.1, -0.05) is 0 Å². The van der Waals surface area contributed by atoms with Crippen molar-refractivity contribution in [3.63, 3.8) is 0 Å². The third-order valence-electron chi connectivity index (χ3n) is 2.63. The summed E-state index contributed by atoms with van der Waals surface area (Å²) >= 11 is 0. The van der Waals surface area contributed by atoms with E-state index in [0.29, 0.717) is 52.3 Å². The van der Waals surface area contributed by atoms with Gasteiger partial charge in [-0.05, 0) is 12.8 Å². The second-order valence-corrected chi connectivity index (χ2v) is 4.42. The van der Waals surface area contributed by atoms with Crippen LogP contribution in [-0.4, -0.2) is 65.4 Å². The molecule has 0 aromatic heterocycles. The Labute approximate surface area is 115 Å². The predicted molar refractivity (Wildman–Crippen MR) is 69.9 cm³/mol. The lowest BCUT2D eigenvalue weighted by atomic mass is 10.3. The Morgan fingerprint density at radius 2 is 1.63 bits per heavy atom. The van der Waals surface area contributed by atoms with Crippen LogP contribution in [0.15, 0.2) is 0 Å². The first kappa shape index (κ1) is 16.3. The molecule has 1 N–H and O–H groups in total. The lowest BCUT2D eigenvalue weighted by molar-refractivity contribution is 0.00240. The van der Waals surface area contributed by atoms with Crippen molar-refractivity contribution in [1.82, 2.24) is 5.32 Å². The van der Waals surface area contributed by atoms with Gasteiger partial charge in [0.2, 0.25) is 0 Å². The maximum atomic E-state index is 8.90. The van der Waals surface area contributed by atoms with Crippen LogP contribution in [0.1, 0.15) is 12.8 Å². The molecular formula is C13H24N2O4. The van der Waals surface area contributed by atoms with Gasteiger partial charge in [-0.2, -0.15) is 5.26 Å². The average molecular weight is 272 g/mol. The van der Waals surface area contributed by atoms with E-state index in [0.717, 1.165) is 0 Å². The van der Waals surface area contributed by atoms with E-state index in [4.69, 9.17) is 24.2 Å². The van der Waals surface area contributed by atoms with Crippen molar-refractivity contribution in [3.05, 3.63) is 0 Å². The number of nitrogens with zero attached hydrogens (tertiary/aromatic N) is 1. The molecule has 0 bridgehead atoms. The van der Waals surface area contributed by atoms with Crippen LogP contribution in [0.25, 0.3) is 0 Å². The second kappa shape index (κ2) is 11.1. The summed E-state index contributed by atoms with van der Waals surface area (Å²) in [6.07, 6.45) is 2.34. The third kappa shape index (κ3) is 9.82. The maximum Gasteiger partial charge on any atom is 0.119 e. The zero-order valence-electron chi connectivity index (χ0n) is 11.6. The molecule has 1 rings (SSSR count). The molecule has 0 radical (unpaired) electrons. The minimum Gasteiger partial charge on any atom is -0.382 e. The SMILES string of the molecule is COCCOCCOCCOCC(C#N)NC1CC1. The molecule has 1 unspecified atom stereocenters. The summed E-state index contributed by atoms with van der Waals surface area (Å²) in [4.78, 5) is 0. The van der Waals surface area contributed by atoms with Gasteiger partial charge < -0.3 is 18.9 Å². The highest BCUT2D eigenvalue weighted by Gasteiger charge is 2.24. The van der Waals surface area contributed by atoms with Crippen LogP contribution < -0.4 is 5.32 Å². The highest BCUT2D eigenvalue weighted by molar-refractivity contribution is 4.95. The Morgan fingerprint density at radius 3 is 2.16 bits per heavy atom. The molecule has 19 heavy (non-hydrogen) atoms. The molecular weight excluding hydrogens is 248 g/mol. The van der Waals surface area contributed by atoms with Gasteiger partial charge in [0.25, 0.3) is 0 Å². The topological polar surface area (TPSA) is 72.7 Å². The van der Waals surface area contributed by atoms with Crippen LogP contribution in [0.2, 0.25) is 0 Å². The van der Waals surface area contributed by atoms with E-state index in [1.807, 2.05) is 0 Å². The third-order valence-corrected chi connectivity index (χ3v) is 2.63. The van der Waals surface area contributed by atoms with Crippen molar-refractivity contribution in [1.29, 1.82) is 5.26 Å². The van der Waals surface area contributed by atoms with Crippen molar-refractivity contribution in [2.75, 3.05) is 53.4 Å². The molecule has 0 saturated heterocycles. The minimum atomic E-state index is -0.204. The van der Waals surface area contributed by atoms with Crippen LogP contribution in [0.5, 0.6) is 0 Å². The number of hydrogen-bond acceptors (Lipinski definition) is 6. The van der Waals surface area contributed by atoms with Gasteiger partial charge in [0.05, 0.1) is 52.3 Å². The molecule has 1 aliphatic rings. The summed E-state index contributed by atoms with van der Waals surface area (Å²) in [7, 11) is 1.64. The van der Waals surface area contributed by atoms with Gasteiger partial charge in [0.1, 0.15) is 6.04 Å². The van der Waals surface area contributed by atoms with Crippen LogP contribution in [0, 0.1) is 11.3 Å². The van der Waals surface area contributed by atoms with E-state index < -0.39 is 0 Å². The summed E-state index contributed by atoms with van der Waals surface area (Å²) < 4.78 is 20.8. The van der Waals surface area contributed by atoms with Gasteiger partial charge in [0.15, 0.2) is 0 Å². The molecule has 0 aliphatic heterocycles. The maximum absolute atomic E-state index is 8.90. The number of nitrogens with one attached hydrogen (secondary N) is 1. The van der Waals surface area contributed by atoms with E-state index >= 15 is 0 Å². The normalized spacial score (nSPS) is 16.2. The average Bonchev–Trinajstić information content (AvgIpc) is 3.23. The molecule has 1 atom stereocenters. The summed E-state index contributed by atoms with van der Waals surface area (Å²) in [6, 6.07) is 2.51. The van der Waals surface area contributed by atoms with Gasteiger partial charge in [0, 0.05) is 13.2 Å². The molecule has 0 amide bonds. The molecule has 1 fully saturated rings. The monoisotopic (exact) mass is 272 g/mol. The lowest BCUT2D eigenvalue weighted by Crippen LogP contribution is -2.34. The second-order valence-electron chi connectivity index (χ2n) is 4.42. The van der Waals surface area contributed by atoms with E-state index in [-0.39, 0.29) is 6.04 Å². The molecule has 6 nitrogen and oxygen atoms in total. The van der Waals surface area contributed by atoms with Gasteiger partial charge in [-0.15, -0.1) is 0 Å². The number of hydrogen-bond donors (Lipinski definition) is 1. The fourth-order valence-electron chi connectivity index (χ4n) is 1.44. The van der Waals surface area contributed by atoms with Crippen molar-refractivity contribution in [2.24, 2.45) is 0 Å². The van der Waals surface area contributed by atoms with Crippen LogP contribution in [0.3, 0.4) is 0 Å². The summed E-state index contributed by atoms with van der Waals surface area (Å²) in [5.74, 6) is 0. The lowest BCUT2D eigenvalue weighted by Gasteiger charge is -2.11. The number of rotatable bonds is 13. The standard InChI is InChI=1S/C13H24N2O4/c1-16-4-5-17-6-7-18-8-9-19-11-13(10-14)15-12-2-3-12/h12-13,15H,2-9,11H2,1H3. The molecule has 0 spiro atoms. The molecule has 1 saturated carbocycles. The van der Waals surface area contributed by atoms with Crippen LogP contribution >= 0.6 is 0 Å². The highest BCUT2D eigenvalue weighted by Crippen LogP contribution is 2.19. The largest absolute Gasteiger partial charge is 0.382 e. The smallest absolute Gasteiger partial charge is 0.119 e. The number of ether oxygens (including phenoxy) is 4. The molecule has 110 valence electrons. The Balaban J connectivity index is 1.78. The minimum absolute atomic E-state index is 0.204. The first-order valence-electron chi connectivity index (χ1n) is 6.74. The Morgan fingerprint density at radius 1 is 1.05 bits per heavy atom. The molecule has 6 heteroatoms. The number of methoxy groups -OCH3 is 1. The van der Waals surface area contributed by atoms with Gasteiger partial charge in [-0.25, -0.2) is 0 Å². The van der Waals surface area contributed by atoms with E-state index in [2.05, 4.69) is 11.4 Å². The van der Waals surface area contributed by atoms with Gasteiger partial charge >= 0.3 is 0 Å².